The molecule has 0 spiro atoms. The number of hydrogen-bond acceptors (Lipinski definition) is 1. The monoisotopic (exact) mass is 223 g/mol. The Bertz CT molecular complexity index is 305. The molecule has 0 amide bonds. The standard InChI is InChI=1S/C13H18ClN/c14-13-5-1-3-11(9-13)6-7-12-4-2-8-15-10-12/h1,3,5,9,12,15H,2,4,6-8,10H2. The molecular formula is C13H18ClN. The molecule has 0 bridgehead atoms. The van der Waals surface area contributed by atoms with Crippen molar-refractivity contribution in [2.24, 2.45) is 5.92 Å². The minimum Gasteiger partial charge on any atom is -0.316 e. The average molecular weight is 224 g/mol. The van der Waals surface area contributed by atoms with Crippen LogP contribution < -0.4 is 5.32 Å². The zero-order chi connectivity index (χ0) is 10.5. The molecule has 1 atom stereocenters. The lowest BCUT2D eigenvalue weighted by molar-refractivity contribution is 0.358. The summed E-state index contributed by atoms with van der Waals surface area (Å²) in [5, 5.41) is 4.31. The first-order valence-corrected chi connectivity index (χ1v) is 6.17. The Morgan fingerprint density at radius 3 is 3.07 bits per heavy atom. The van der Waals surface area contributed by atoms with E-state index in [0.29, 0.717) is 0 Å². The molecule has 82 valence electrons. The van der Waals surface area contributed by atoms with Gasteiger partial charge in [0.25, 0.3) is 0 Å². The molecule has 0 aromatic heterocycles. The van der Waals surface area contributed by atoms with Crippen LogP contribution in [0.15, 0.2) is 24.3 Å². The third-order valence-corrected chi connectivity index (χ3v) is 3.36. The molecule has 1 aliphatic rings. The van der Waals surface area contributed by atoms with Crippen LogP contribution in [0.5, 0.6) is 0 Å². The average Bonchev–Trinajstić information content (AvgIpc) is 2.28. The lowest BCUT2D eigenvalue weighted by Gasteiger charge is -2.22. The third-order valence-electron chi connectivity index (χ3n) is 3.13. The largest absolute Gasteiger partial charge is 0.316 e. The normalized spacial score (nSPS) is 21.5. The highest BCUT2D eigenvalue weighted by Gasteiger charge is 2.12. The molecule has 1 nitrogen and oxygen atoms in total. The van der Waals surface area contributed by atoms with Crippen molar-refractivity contribution < 1.29 is 0 Å². The van der Waals surface area contributed by atoms with E-state index in [1.54, 1.807) is 0 Å². The predicted molar refractivity (Wildman–Crippen MR) is 65.4 cm³/mol. The second-order valence-electron chi connectivity index (χ2n) is 4.38. The van der Waals surface area contributed by atoms with Gasteiger partial charge in [-0.15, -0.1) is 0 Å². The zero-order valence-corrected chi connectivity index (χ0v) is 9.76. The summed E-state index contributed by atoms with van der Waals surface area (Å²) in [6, 6.07) is 8.23. The van der Waals surface area contributed by atoms with Crippen molar-refractivity contribution in [2.45, 2.75) is 25.7 Å². The number of rotatable bonds is 3. The van der Waals surface area contributed by atoms with E-state index in [9.17, 15) is 0 Å². The third kappa shape index (κ3) is 3.51. The first-order chi connectivity index (χ1) is 7.34. The molecule has 0 aliphatic carbocycles. The van der Waals surface area contributed by atoms with Gasteiger partial charge in [0.1, 0.15) is 0 Å². The van der Waals surface area contributed by atoms with Gasteiger partial charge < -0.3 is 5.32 Å². The Hall–Kier alpha value is -0.530. The molecule has 1 N–H and O–H groups in total. The first-order valence-electron chi connectivity index (χ1n) is 5.80. The van der Waals surface area contributed by atoms with Crippen LogP contribution in [0.4, 0.5) is 0 Å². The number of hydrogen-bond donors (Lipinski definition) is 1. The number of aryl methyl sites for hydroxylation is 1. The van der Waals surface area contributed by atoms with Crippen LogP contribution in [0.25, 0.3) is 0 Å². The summed E-state index contributed by atoms with van der Waals surface area (Å²) in [5.41, 5.74) is 1.37. The molecule has 1 aromatic rings. The second kappa shape index (κ2) is 5.53. The van der Waals surface area contributed by atoms with Gasteiger partial charge >= 0.3 is 0 Å². The van der Waals surface area contributed by atoms with Crippen molar-refractivity contribution in [1.29, 1.82) is 0 Å². The first kappa shape index (κ1) is 11.0. The Morgan fingerprint density at radius 2 is 2.33 bits per heavy atom. The summed E-state index contributed by atoms with van der Waals surface area (Å²) in [7, 11) is 0. The molecule has 0 radical (unpaired) electrons. The minimum absolute atomic E-state index is 0.856. The molecule has 2 heteroatoms. The summed E-state index contributed by atoms with van der Waals surface area (Å²) in [4.78, 5) is 0. The van der Waals surface area contributed by atoms with Crippen molar-refractivity contribution in [3.8, 4) is 0 Å². The van der Waals surface area contributed by atoms with E-state index in [4.69, 9.17) is 11.6 Å². The highest BCUT2D eigenvalue weighted by Crippen LogP contribution is 2.18. The second-order valence-corrected chi connectivity index (χ2v) is 4.82. The van der Waals surface area contributed by atoms with E-state index in [2.05, 4.69) is 17.4 Å². The lowest BCUT2D eigenvalue weighted by Crippen LogP contribution is -2.29. The number of nitrogens with one attached hydrogen (secondary N) is 1. The minimum atomic E-state index is 0.856. The quantitative estimate of drug-likeness (QED) is 0.830. The number of halogens is 1. The molecule has 15 heavy (non-hydrogen) atoms. The van der Waals surface area contributed by atoms with Gasteiger partial charge in [-0.1, -0.05) is 23.7 Å². The van der Waals surface area contributed by atoms with Crippen molar-refractivity contribution in [2.75, 3.05) is 13.1 Å². The van der Waals surface area contributed by atoms with E-state index in [0.717, 1.165) is 17.4 Å². The van der Waals surface area contributed by atoms with Crippen LogP contribution in [0, 0.1) is 5.92 Å². The van der Waals surface area contributed by atoms with Crippen LogP contribution in [0.3, 0.4) is 0 Å². The van der Waals surface area contributed by atoms with Gasteiger partial charge in [0.05, 0.1) is 0 Å². The van der Waals surface area contributed by atoms with Crippen molar-refractivity contribution in [3.05, 3.63) is 34.9 Å². The van der Waals surface area contributed by atoms with Crippen molar-refractivity contribution >= 4 is 11.6 Å². The molecule has 1 unspecified atom stereocenters. The SMILES string of the molecule is Clc1cccc(CCC2CCCNC2)c1. The van der Waals surface area contributed by atoms with Crippen LogP contribution in [-0.2, 0) is 6.42 Å². The summed E-state index contributed by atoms with van der Waals surface area (Å²) >= 11 is 5.95. The van der Waals surface area contributed by atoms with Gasteiger partial charge in [0, 0.05) is 5.02 Å². The molecule has 1 aliphatic heterocycles. The van der Waals surface area contributed by atoms with E-state index in [1.807, 2.05) is 12.1 Å². The van der Waals surface area contributed by atoms with E-state index < -0.39 is 0 Å². The maximum atomic E-state index is 5.95. The fourth-order valence-corrected chi connectivity index (χ4v) is 2.45. The topological polar surface area (TPSA) is 12.0 Å². The summed E-state index contributed by atoms with van der Waals surface area (Å²) in [5.74, 6) is 0.859. The Labute approximate surface area is 96.8 Å². The fraction of sp³-hybridized carbons (Fsp3) is 0.538. The van der Waals surface area contributed by atoms with Gasteiger partial charge in [0.15, 0.2) is 0 Å². The Kier molecular flexibility index (Phi) is 4.04. The molecule has 0 saturated carbocycles. The van der Waals surface area contributed by atoms with Crippen molar-refractivity contribution in [3.63, 3.8) is 0 Å². The summed E-state index contributed by atoms with van der Waals surface area (Å²) in [6.45, 7) is 2.40. The summed E-state index contributed by atoms with van der Waals surface area (Å²) < 4.78 is 0. The van der Waals surface area contributed by atoms with Gasteiger partial charge in [0.2, 0.25) is 0 Å². The molecule has 1 saturated heterocycles. The van der Waals surface area contributed by atoms with Gasteiger partial charge in [-0.25, -0.2) is 0 Å². The molecule has 1 aromatic carbocycles. The predicted octanol–water partition coefficient (Wildman–Crippen LogP) is 3.27. The van der Waals surface area contributed by atoms with Crippen LogP contribution >= 0.6 is 11.6 Å². The van der Waals surface area contributed by atoms with Crippen LogP contribution in [0.2, 0.25) is 5.02 Å². The number of piperidine rings is 1. The fourth-order valence-electron chi connectivity index (χ4n) is 2.23. The lowest BCUT2D eigenvalue weighted by atomic mass is 9.93. The maximum absolute atomic E-state index is 5.95. The number of benzene rings is 1. The van der Waals surface area contributed by atoms with E-state index >= 15 is 0 Å². The Balaban J connectivity index is 1.81. The molecule has 1 fully saturated rings. The van der Waals surface area contributed by atoms with E-state index in [-0.39, 0.29) is 0 Å². The molecule has 2 rings (SSSR count). The highest BCUT2D eigenvalue weighted by atomic mass is 35.5. The summed E-state index contributed by atoms with van der Waals surface area (Å²) in [6.07, 6.45) is 5.16. The van der Waals surface area contributed by atoms with Gasteiger partial charge in [-0.2, -0.15) is 0 Å². The van der Waals surface area contributed by atoms with Gasteiger partial charge in [-0.3, -0.25) is 0 Å². The van der Waals surface area contributed by atoms with Gasteiger partial charge in [-0.05, 0) is 62.4 Å². The zero-order valence-electron chi connectivity index (χ0n) is 9.01. The molecular weight excluding hydrogens is 206 g/mol. The molecule has 1 heterocycles. The smallest absolute Gasteiger partial charge is 0.0408 e. The highest BCUT2D eigenvalue weighted by molar-refractivity contribution is 6.30. The Morgan fingerprint density at radius 1 is 1.40 bits per heavy atom. The maximum Gasteiger partial charge on any atom is 0.0408 e. The van der Waals surface area contributed by atoms with Crippen LogP contribution in [-0.4, -0.2) is 13.1 Å². The van der Waals surface area contributed by atoms with Crippen LogP contribution in [0.1, 0.15) is 24.8 Å². The van der Waals surface area contributed by atoms with Crippen molar-refractivity contribution in [1.82, 2.24) is 5.32 Å². The van der Waals surface area contributed by atoms with E-state index in [1.165, 1.54) is 37.9 Å².